The van der Waals surface area contributed by atoms with E-state index < -0.39 is 0 Å². The average Bonchev–Trinajstić information content (AvgIpc) is 3.61. The van der Waals surface area contributed by atoms with Gasteiger partial charge in [0, 0.05) is 38.9 Å². The minimum absolute atomic E-state index is 0. The number of rotatable bonds is 30. The molecule has 0 N–H and O–H groups in total. The predicted molar refractivity (Wildman–Crippen MR) is 188 cm³/mol. The first-order chi connectivity index (χ1) is 20.9. The molecule has 45 heavy (non-hydrogen) atoms. The van der Waals surface area contributed by atoms with E-state index in [0.717, 1.165) is 26.4 Å². The van der Waals surface area contributed by atoms with E-state index >= 15 is 0 Å². The first-order valence-electron chi connectivity index (χ1n) is 19.8. The van der Waals surface area contributed by atoms with Crippen molar-refractivity contribution in [2.45, 2.75) is 168 Å². The van der Waals surface area contributed by atoms with Crippen LogP contribution < -0.4 is 48.0 Å². The molecule has 0 radical (unpaired) electrons. The van der Waals surface area contributed by atoms with E-state index in [-0.39, 0.29) is 53.4 Å². The largest absolute Gasteiger partial charge is 1.00 e. The van der Waals surface area contributed by atoms with Gasteiger partial charge in [-0.1, -0.05) is 129 Å². The van der Waals surface area contributed by atoms with E-state index in [1.165, 1.54) is 202 Å². The predicted octanol–water partition coefficient (Wildman–Crippen LogP) is 4.34. The van der Waals surface area contributed by atoms with Crippen LogP contribution in [0.5, 0.6) is 0 Å². The summed E-state index contributed by atoms with van der Waals surface area (Å²) in [5, 5.41) is 0. The van der Waals surface area contributed by atoms with Gasteiger partial charge < -0.3 is 66.4 Å². The van der Waals surface area contributed by atoms with Crippen LogP contribution in [-0.4, -0.2) is 88.8 Å². The quantitative estimate of drug-likeness (QED) is 0.0609. The van der Waals surface area contributed by atoms with Gasteiger partial charge in [-0.2, -0.15) is 0 Å². The number of quaternary nitrogens is 2. The third kappa shape index (κ3) is 22.6. The van der Waals surface area contributed by atoms with Gasteiger partial charge in [-0.05, 0) is 12.8 Å². The SMILES string of the molecule is CCCCCCCCCCCCOCC(COCCCCCCCCCCCC)(C[N+]1(C)CCCC1)C[N+]1(C)CCCC1.[I-].[I-]. The van der Waals surface area contributed by atoms with Crippen molar-refractivity contribution in [1.82, 2.24) is 0 Å². The molecule has 6 heteroatoms. The summed E-state index contributed by atoms with van der Waals surface area (Å²) < 4.78 is 15.7. The minimum Gasteiger partial charge on any atom is -1.00 e. The molecule has 0 aromatic rings. The standard InChI is InChI=1S/C39H80N2O2.2HI/c1-5-7-9-11-13-15-17-19-21-27-33-42-37-39(35-40(3)29-23-24-30-40,36-41(4)31-25-26-32-41)38-43-34-28-22-20-18-16-14-12-10-8-6-2;;/h5-38H2,1-4H3;2*1H/q+2;;/p-2. The monoisotopic (exact) mass is 862 g/mol. The van der Waals surface area contributed by atoms with Crippen LogP contribution in [0.1, 0.15) is 168 Å². The third-order valence-electron chi connectivity index (χ3n) is 10.8. The molecule has 2 aliphatic rings. The lowest BCUT2D eigenvalue weighted by molar-refractivity contribution is -0.928. The first-order valence-corrected chi connectivity index (χ1v) is 19.8. The van der Waals surface area contributed by atoms with Crippen molar-refractivity contribution in [2.24, 2.45) is 5.41 Å². The van der Waals surface area contributed by atoms with Crippen molar-refractivity contribution in [3.05, 3.63) is 0 Å². The number of likely N-dealkylation sites (tertiary alicyclic amines) is 2. The van der Waals surface area contributed by atoms with Gasteiger partial charge in [0.2, 0.25) is 0 Å². The van der Waals surface area contributed by atoms with E-state index in [9.17, 15) is 0 Å². The molecule has 0 aliphatic carbocycles. The van der Waals surface area contributed by atoms with E-state index in [0.29, 0.717) is 0 Å². The maximum atomic E-state index is 6.64. The van der Waals surface area contributed by atoms with Gasteiger partial charge >= 0.3 is 0 Å². The Bertz CT molecular complexity index is 585. The molecule has 2 fully saturated rings. The second kappa shape index (κ2) is 29.1. The number of hydrogen-bond donors (Lipinski definition) is 0. The fraction of sp³-hybridized carbons (Fsp3) is 1.00. The normalized spacial score (nSPS) is 17.3. The summed E-state index contributed by atoms with van der Waals surface area (Å²) >= 11 is 0. The van der Waals surface area contributed by atoms with Crippen molar-refractivity contribution < 1.29 is 66.4 Å². The second-order valence-electron chi connectivity index (χ2n) is 15.8. The number of nitrogens with zero attached hydrogens (tertiary/aromatic N) is 2. The highest BCUT2D eigenvalue weighted by Crippen LogP contribution is 2.33. The molecule has 0 spiro atoms. The maximum absolute atomic E-state index is 6.64. The lowest BCUT2D eigenvalue weighted by Gasteiger charge is -2.45. The zero-order chi connectivity index (χ0) is 31.0. The highest BCUT2D eigenvalue weighted by atomic mass is 127. The van der Waals surface area contributed by atoms with Gasteiger partial charge in [0.1, 0.15) is 5.41 Å². The summed E-state index contributed by atoms with van der Waals surface area (Å²) in [4.78, 5) is 0. The van der Waals surface area contributed by atoms with Crippen LogP contribution in [0, 0.1) is 5.41 Å². The molecule has 0 aromatic heterocycles. The summed E-state index contributed by atoms with van der Waals surface area (Å²) in [6.45, 7) is 16.1. The van der Waals surface area contributed by atoms with E-state index in [2.05, 4.69) is 27.9 Å². The Morgan fingerprint density at radius 1 is 0.422 bits per heavy atom. The summed E-state index contributed by atoms with van der Waals surface area (Å²) in [5.41, 5.74) is 0.134. The summed E-state index contributed by atoms with van der Waals surface area (Å²) in [6, 6.07) is 0. The van der Waals surface area contributed by atoms with E-state index in [1.807, 2.05) is 0 Å². The molecule has 2 rings (SSSR count). The highest BCUT2D eigenvalue weighted by molar-refractivity contribution is 4.82. The molecule has 0 aromatic carbocycles. The van der Waals surface area contributed by atoms with Crippen LogP contribution in [-0.2, 0) is 9.47 Å². The Hall–Kier alpha value is 1.30. The van der Waals surface area contributed by atoms with E-state index in [4.69, 9.17) is 9.47 Å². The molecule has 0 amide bonds. The van der Waals surface area contributed by atoms with Crippen LogP contribution in [0.25, 0.3) is 0 Å². The molecule has 0 bridgehead atoms. The van der Waals surface area contributed by atoms with Gasteiger partial charge in [-0.15, -0.1) is 0 Å². The maximum Gasteiger partial charge on any atom is 0.115 e. The fourth-order valence-corrected chi connectivity index (χ4v) is 8.37. The zero-order valence-electron chi connectivity index (χ0n) is 31.0. The number of unbranched alkanes of at least 4 members (excludes halogenated alkanes) is 18. The summed E-state index contributed by atoms with van der Waals surface area (Å²) in [7, 11) is 5.05. The second-order valence-corrected chi connectivity index (χ2v) is 15.8. The molecule has 0 atom stereocenters. The Morgan fingerprint density at radius 2 is 0.689 bits per heavy atom. The molecule has 2 aliphatic heterocycles. The van der Waals surface area contributed by atoms with Crippen LogP contribution >= 0.6 is 0 Å². The highest BCUT2D eigenvalue weighted by Gasteiger charge is 2.47. The summed E-state index contributed by atoms with van der Waals surface area (Å²) in [5.74, 6) is 0. The molecular weight excluding hydrogens is 782 g/mol. The average molecular weight is 863 g/mol. The van der Waals surface area contributed by atoms with Gasteiger partial charge in [0.15, 0.2) is 0 Å². The smallest absolute Gasteiger partial charge is 0.115 e. The number of ether oxygens (including phenoxy) is 2. The van der Waals surface area contributed by atoms with Crippen molar-refractivity contribution in [3.8, 4) is 0 Å². The number of halogens is 2. The molecule has 272 valence electrons. The molecule has 2 saturated heterocycles. The lowest BCUT2D eigenvalue weighted by Crippen LogP contribution is -3.00. The Labute approximate surface area is 317 Å². The van der Waals surface area contributed by atoms with Crippen molar-refractivity contribution in [3.63, 3.8) is 0 Å². The molecule has 4 nitrogen and oxygen atoms in total. The topological polar surface area (TPSA) is 18.5 Å². The van der Waals surface area contributed by atoms with Crippen molar-refractivity contribution >= 4 is 0 Å². The molecular formula is C39H80I2N2O2. The van der Waals surface area contributed by atoms with Crippen LogP contribution in [0.4, 0.5) is 0 Å². The van der Waals surface area contributed by atoms with Gasteiger partial charge in [-0.25, -0.2) is 0 Å². The fourth-order valence-electron chi connectivity index (χ4n) is 8.37. The number of hydrogen-bond acceptors (Lipinski definition) is 2. The van der Waals surface area contributed by atoms with Gasteiger partial charge in [0.25, 0.3) is 0 Å². The van der Waals surface area contributed by atoms with Crippen molar-refractivity contribution in [2.75, 3.05) is 79.8 Å². The Morgan fingerprint density at radius 3 is 0.978 bits per heavy atom. The minimum atomic E-state index is 0. The Kier molecular flexibility index (Phi) is 29.9. The third-order valence-corrected chi connectivity index (χ3v) is 10.8. The van der Waals surface area contributed by atoms with Crippen LogP contribution in [0.3, 0.4) is 0 Å². The lowest BCUT2D eigenvalue weighted by atomic mass is 9.86. The molecule has 0 saturated carbocycles. The van der Waals surface area contributed by atoms with Crippen LogP contribution in [0.2, 0.25) is 0 Å². The van der Waals surface area contributed by atoms with E-state index in [1.54, 1.807) is 0 Å². The van der Waals surface area contributed by atoms with Crippen LogP contribution in [0.15, 0.2) is 0 Å². The van der Waals surface area contributed by atoms with Crippen molar-refractivity contribution in [1.29, 1.82) is 0 Å². The summed E-state index contributed by atoms with van der Waals surface area (Å²) in [6.07, 6.45) is 33.3. The van der Waals surface area contributed by atoms with Gasteiger partial charge in [0.05, 0.1) is 66.6 Å². The molecule has 0 unspecified atom stereocenters. The Balaban J connectivity index is 0.00000968. The first kappa shape index (κ1) is 46.3. The zero-order valence-corrected chi connectivity index (χ0v) is 35.3. The van der Waals surface area contributed by atoms with Gasteiger partial charge in [-0.3, -0.25) is 0 Å². The molecule has 2 heterocycles.